The Bertz CT molecular complexity index is 1210. The quantitative estimate of drug-likeness (QED) is 0.630. The average molecular weight is 469 g/mol. The van der Waals surface area contributed by atoms with Crippen LogP contribution in [0, 0.1) is 16.7 Å². The summed E-state index contributed by atoms with van der Waals surface area (Å²) in [6.07, 6.45) is 8.79. The lowest BCUT2D eigenvalue weighted by Crippen LogP contribution is -2.49. The van der Waals surface area contributed by atoms with Crippen LogP contribution in [0.5, 0.6) is 0 Å². The third-order valence-electron chi connectivity index (χ3n) is 7.05. The summed E-state index contributed by atoms with van der Waals surface area (Å²) < 4.78 is 31.2. The first kappa shape index (κ1) is 22.0. The van der Waals surface area contributed by atoms with Gasteiger partial charge >= 0.3 is 6.61 Å². The van der Waals surface area contributed by atoms with Gasteiger partial charge in [-0.25, -0.2) is 4.99 Å². The third kappa shape index (κ3) is 3.92. The molecule has 4 aliphatic rings. The molecule has 1 heterocycles. The lowest BCUT2D eigenvalue weighted by atomic mass is 9.67. The van der Waals surface area contributed by atoms with E-state index in [4.69, 9.17) is 22.1 Å². The number of nitrogens with two attached hydrogens (primary N) is 1. The van der Waals surface area contributed by atoms with Crippen molar-refractivity contribution in [2.45, 2.75) is 57.4 Å². The third-order valence-corrected chi connectivity index (χ3v) is 7.26. The van der Waals surface area contributed by atoms with E-state index < -0.39 is 18.4 Å². The van der Waals surface area contributed by atoms with Crippen LogP contribution >= 0.6 is 11.6 Å². The maximum Gasteiger partial charge on any atom is 0.345 e. The number of aliphatic imine (C=N–C) groups is 2. The number of benzene rings is 1. The summed E-state index contributed by atoms with van der Waals surface area (Å²) in [4.78, 5) is 9.19. The molecule has 5 rings (SSSR count). The van der Waals surface area contributed by atoms with Gasteiger partial charge in [-0.2, -0.15) is 14.0 Å². The van der Waals surface area contributed by atoms with Gasteiger partial charge in [0.2, 0.25) is 0 Å². The average Bonchev–Trinajstić information content (AvgIpc) is 3.25. The Morgan fingerprint density at radius 2 is 2.00 bits per heavy atom. The van der Waals surface area contributed by atoms with Gasteiger partial charge in [-0.05, 0) is 78.5 Å². The van der Waals surface area contributed by atoms with Crippen molar-refractivity contribution in [1.29, 1.82) is 5.26 Å². The molecule has 3 atom stereocenters. The molecule has 1 aliphatic heterocycles. The highest BCUT2D eigenvalue weighted by atomic mass is 35.5. The van der Waals surface area contributed by atoms with Crippen molar-refractivity contribution in [3.63, 3.8) is 0 Å². The molecule has 8 heteroatoms. The molecule has 0 aromatic heterocycles. The Morgan fingerprint density at radius 1 is 1.21 bits per heavy atom. The summed E-state index contributed by atoms with van der Waals surface area (Å²) in [5.74, 6) is 0.287. The number of alkyl halides is 2. The van der Waals surface area contributed by atoms with Crippen LogP contribution in [0.15, 0.2) is 57.6 Å². The minimum absolute atomic E-state index is 0.240. The number of fused-ring (bicyclic) bond motifs is 1. The molecule has 1 aromatic carbocycles. The van der Waals surface area contributed by atoms with Crippen LogP contribution in [0.2, 0.25) is 5.02 Å². The highest BCUT2D eigenvalue weighted by Crippen LogP contribution is 2.56. The summed E-state index contributed by atoms with van der Waals surface area (Å²) in [6.45, 7) is -1.14. The maximum absolute atomic E-state index is 13.1. The van der Waals surface area contributed by atoms with Crippen molar-refractivity contribution in [3.8, 4) is 6.07 Å². The standard InChI is InChI=1S/C25H23ClF2N4O/c1-14-22(30)32-25(31-14)13-24(5-4-21(25)33-23(27)28)10-17-3-2-16(8-19(17)11-24)18-6-15(12-29)7-20(26)9-18/h2-3,6-7,9,11,21,23H,4-5,8,10,13H2,1H3,(H2,30,32). The zero-order chi connectivity index (χ0) is 23.4. The van der Waals surface area contributed by atoms with Gasteiger partial charge in [0.1, 0.15) is 11.9 Å². The van der Waals surface area contributed by atoms with Gasteiger partial charge in [0.05, 0.1) is 17.3 Å². The van der Waals surface area contributed by atoms with Crippen molar-refractivity contribution in [1.82, 2.24) is 0 Å². The first-order chi connectivity index (χ1) is 15.7. The second-order valence-corrected chi connectivity index (χ2v) is 9.72. The normalized spacial score (nSPS) is 30.5. The van der Waals surface area contributed by atoms with E-state index in [0.29, 0.717) is 35.6 Å². The Kier molecular flexibility index (Phi) is 5.26. The molecule has 2 N–H and O–H groups in total. The fraction of sp³-hybridized carbons (Fsp3) is 0.400. The van der Waals surface area contributed by atoms with Crippen molar-refractivity contribution < 1.29 is 13.5 Å². The van der Waals surface area contributed by atoms with E-state index in [-0.39, 0.29) is 11.3 Å². The van der Waals surface area contributed by atoms with Crippen LogP contribution in [0.3, 0.4) is 0 Å². The van der Waals surface area contributed by atoms with Gasteiger partial charge in [0.25, 0.3) is 0 Å². The molecule has 0 radical (unpaired) electrons. The second-order valence-electron chi connectivity index (χ2n) is 9.28. The molecule has 0 bridgehead atoms. The fourth-order valence-corrected chi connectivity index (χ4v) is 5.91. The molecule has 0 amide bonds. The van der Waals surface area contributed by atoms with Gasteiger partial charge in [-0.3, -0.25) is 4.99 Å². The van der Waals surface area contributed by atoms with Crippen molar-refractivity contribution in [2.75, 3.05) is 0 Å². The zero-order valence-electron chi connectivity index (χ0n) is 18.1. The molecule has 2 spiro atoms. The predicted molar refractivity (Wildman–Crippen MR) is 124 cm³/mol. The number of amidine groups is 1. The molecule has 170 valence electrons. The first-order valence-electron chi connectivity index (χ1n) is 10.9. The highest BCUT2D eigenvalue weighted by molar-refractivity contribution is 6.41. The number of nitrogens with zero attached hydrogens (tertiary/aromatic N) is 3. The Balaban J connectivity index is 1.44. The lowest BCUT2D eigenvalue weighted by molar-refractivity contribution is -0.191. The van der Waals surface area contributed by atoms with Gasteiger partial charge in [-0.15, -0.1) is 0 Å². The number of hydrogen-bond donors (Lipinski definition) is 1. The van der Waals surface area contributed by atoms with E-state index in [1.54, 1.807) is 13.0 Å². The van der Waals surface area contributed by atoms with E-state index >= 15 is 0 Å². The van der Waals surface area contributed by atoms with E-state index in [0.717, 1.165) is 24.0 Å². The van der Waals surface area contributed by atoms with Gasteiger partial charge in [0, 0.05) is 11.4 Å². The topological polar surface area (TPSA) is 83.8 Å². The molecule has 0 saturated heterocycles. The number of hydrogen-bond acceptors (Lipinski definition) is 5. The van der Waals surface area contributed by atoms with E-state index in [1.807, 2.05) is 12.1 Å². The van der Waals surface area contributed by atoms with Crippen LogP contribution in [-0.2, 0) is 4.74 Å². The predicted octanol–water partition coefficient (Wildman–Crippen LogP) is 5.56. The zero-order valence-corrected chi connectivity index (χ0v) is 18.9. The molecule has 1 saturated carbocycles. The van der Waals surface area contributed by atoms with Gasteiger partial charge in [0.15, 0.2) is 5.66 Å². The molecular weight excluding hydrogens is 446 g/mol. The smallest absolute Gasteiger partial charge is 0.345 e. The highest BCUT2D eigenvalue weighted by Gasteiger charge is 2.55. The van der Waals surface area contributed by atoms with Crippen molar-refractivity contribution in [2.24, 2.45) is 21.1 Å². The van der Waals surface area contributed by atoms with Crippen LogP contribution < -0.4 is 5.73 Å². The van der Waals surface area contributed by atoms with Crippen LogP contribution in [0.4, 0.5) is 8.78 Å². The van der Waals surface area contributed by atoms with E-state index in [2.05, 4.69) is 34.3 Å². The summed E-state index contributed by atoms with van der Waals surface area (Å²) in [5.41, 5.74) is 10.2. The van der Waals surface area contributed by atoms with Gasteiger partial charge in [-0.1, -0.05) is 29.8 Å². The van der Waals surface area contributed by atoms with Crippen molar-refractivity contribution >= 4 is 28.7 Å². The molecule has 3 unspecified atom stereocenters. The number of ether oxygens (including phenoxy) is 1. The largest absolute Gasteiger partial charge is 0.382 e. The SMILES string of the molecule is CC1=NC2(CC3(C=C4CC(c5cc(Cl)cc(C#N)c5)=CC=C4C3)CCC2OC(F)F)N=C1N. The van der Waals surface area contributed by atoms with Crippen LogP contribution in [0.25, 0.3) is 5.57 Å². The number of rotatable bonds is 3. The Hall–Kier alpha value is -2.82. The molecular formula is C25H23ClF2N4O. The Labute approximate surface area is 196 Å². The summed E-state index contributed by atoms with van der Waals surface area (Å²) >= 11 is 6.21. The minimum Gasteiger partial charge on any atom is -0.382 e. The number of halogens is 3. The van der Waals surface area contributed by atoms with Gasteiger partial charge < -0.3 is 10.5 Å². The van der Waals surface area contributed by atoms with E-state index in [9.17, 15) is 14.0 Å². The first-order valence-corrected chi connectivity index (χ1v) is 11.3. The summed E-state index contributed by atoms with van der Waals surface area (Å²) in [7, 11) is 0. The maximum atomic E-state index is 13.1. The number of nitriles is 1. The van der Waals surface area contributed by atoms with E-state index in [1.165, 1.54) is 11.1 Å². The molecule has 3 aliphatic carbocycles. The second kappa shape index (κ2) is 7.89. The molecule has 33 heavy (non-hydrogen) atoms. The van der Waals surface area contributed by atoms with Crippen LogP contribution in [-0.4, -0.2) is 29.9 Å². The summed E-state index contributed by atoms with van der Waals surface area (Å²) in [6, 6.07) is 7.51. The molecule has 1 aromatic rings. The monoisotopic (exact) mass is 468 g/mol. The minimum atomic E-state index is -2.89. The lowest BCUT2D eigenvalue weighted by Gasteiger charge is -2.44. The van der Waals surface area contributed by atoms with Crippen molar-refractivity contribution in [3.05, 3.63) is 63.7 Å². The molecule has 1 fully saturated rings. The molecule has 5 nitrogen and oxygen atoms in total. The summed E-state index contributed by atoms with van der Waals surface area (Å²) in [5, 5.41) is 9.81. The van der Waals surface area contributed by atoms with Crippen LogP contribution in [0.1, 0.15) is 50.2 Å². The number of allylic oxidation sites excluding steroid dienone is 6. The Morgan fingerprint density at radius 3 is 2.70 bits per heavy atom. The fourth-order valence-electron chi connectivity index (χ4n) is 5.67.